The van der Waals surface area contributed by atoms with Crippen LogP contribution >= 0.6 is 11.3 Å². The monoisotopic (exact) mass is 384 g/mol. The zero-order valence-electron chi connectivity index (χ0n) is 14.6. The van der Waals surface area contributed by atoms with E-state index in [0.29, 0.717) is 12.2 Å². The van der Waals surface area contributed by atoms with Gasteiger partial charge in [-0.3, -0.25) is 4.98 Å². The number of nitrogens with zero attached hydrogens (tertiary/aromatic N) is 2. The zero-order chi connectivity index (χ0) is 19.1. The third-order valence-corrected chi connectivity index (χ3v) is 4.31. The van der Waals surface area contributed by atoms with Gasteiger partial charge in [-0.25, -0.2) is 14.2 Å². The van der Waals surface area contributed by atoms with Crippen LogP contribution < -0.4 is 4.74 Å². The molecular weight excluding hydrogens is 367 g/mol. The highest BCUT2D eigenvalue weighted by Gasteiger charge is 2.02. The molecule has 0 saturated carbocycles. The molecule has 2 heterocycles. The fourth-order valence-electron chi connectivity index (χ4n) is 2.21. The lowest BCUT2D eigenvalue weighted by Crippen LogP contribution is -2.01. The molecule has 3 aromatic rings. The van der Waals surface area contributed by atoms with Crippen molar-refractivity contribution in [3.8, 4) is 5.75 Å². The molecule has 138 valence electrons. The summed E-state index contributed by atoms with van der Waals surface area (Å²) >= 11 is 1.59. The van der Waals surface area contributed by atoms with E-state index in [1.54, 1.807) is 17.4 Å². The average molecular weight is 384 g/mol. The smallest absolute Gasteiger partial charge is 0.331 e. The Bertz CT molecular complexity index is 938. The first-order valence-electron chi connectivity index (χ1n) is 8.16. The normalized spacial score (nSPS) is 10.9. The summed E-state index contributed by atoms with van der Waals surface area (Å²) < 4.78 is 23.7. The maximum absolute atomic E-state index is 13.0. The van der Waals surface area contributed by atoms with Gasteiger partial charge in [-0.05, 0) is 36.8 Å². The quantitative estimate of drug-likeness (QED) is 0.448. The number of hydrogen-bond donors (Lipinski definition) is 0. The Balaban J connectivity index is 1.47. The molecule has 27 heavy (non-hydrogen) atoms. The molecule has 3 rings (SSSR count). The topological polar surface area (TPSA) is 61.3 Å². The van der Waals surface area contributed by atoms with E-state index in [9.17, 15) is 9.18 Å². The van der Waals surface area contributed by atoms with Crippen molar-refractivity contribution in [3.05, 3.63) is 81.8 Å². The van der Waals surface area contributed by atoms with Gasteiger partial charge in [0.1, 0.15) is 24.8 Å². The van der Waals surface area contributed by atoms with Crippen LogP contribution in [-0.2, 0) is 22.7 Å². The number of carbonyl (C=O) groups is 1. The Kier molecular flexibility index (Phi) is 6.27. The second kappa shape index (κ2) is 9.05. The van der Waals surface area contributed by atoms with Gasteiger partial charge < -0.3 is 9.47 Å². The van der Waals surface area contributed by atoms with Crippen LogP contribution in [0.15, 0.2) is 54.2 Å². The largest absolute Gasteiger partial charge is 0.487 e. The zero-order valence-corrected chi connectivity index (χ0v) is 15.4. The van der Waals surface area contributed by atoms with Crippen LogP contribution in [0.3, 0.4) is 0 Å². The Morgan fingerprint density at radius 2 is 2.04 bits per heavy atom. The second-order valence-corrected chi connectivity index (χ2v) is 6.73. The molecule has 7 heteroatoms. The van der Waals surface area contributed by atoms with Gasteiger partial charge in [0.15, 0.2) is 0 Å². The number of aromatic nitrogens is 2. The third-order valence-electron chi connectivity index (χ3n) is 3.49. The number of benzene rings is 1. The van der Waals surface area contributed by atoms with Crippen molar-refractivity contribution >= 4 is 23.4 Å². The van der Waals surface area contributed by atoms with Gasteiger partial charge in [-0.1, -0.05) is 12.1 Å². The molecule has 1 aromatic carbocycles. The van der Waals surface area contributed by atoms with Crippen molar-refractivity contribution in [3.63, 3.8) is 0 Å². The van der Waals surface area contributed by atoms with E-state index >= 15 is 0 Å². The summed E-state index contributed by atoms with van der Waals surface area (Å²) in [6.45, 7) is 2.34. The standard InChI is InChI=1S/C20H17FN2O3S/c1-14-23-18(13-27-14)12-25-19-5-2-15(3-6-19)4-7-20(24)26-11-16-8-17(21)10-22-9-16/h2-10,13H,11-12H2,1H3/b7-4+. The summed E-state index contributed by atoms with van der Waals surface area (Å²) in [6.07, 6.45) is 5.50. The van der Waals surface area contributed by atoms with Crippen molar-refractivity contribution in [2.24, 2.45) is 0 Å². The van der Waals surface area contributed by atoms with Crippen molar-refractivity contribution < 1.29 is 18.7 Å². The fourth-order valence-corrected chi connectivity index (χ4v) is 2.81. The SMILES string of the molecule is Cc1nc(COc2ccc(/C=C/C(=O)OCc3cncc(F)c3)cc2)cs1. The summed E-state index contributed by atoms with van der Waals surface area (Å²) in [4.78, 5) is 19.8. The lowest BCUT2D eigenvalue weighted by Gasteiger charge is -2.04. The summed E-state index contributed by atoms with van der Waals surface area (Å²) in [6, 6.07) is 8.59. The minimum absolute atomic E-state index is 0.0309. The van der Waals surface area contributed by atoms with Crippen LogP contribution in [0.25, 0.3) is 6.08 Å². The molecule has 0 unspecified atom stereocenters. The Hall–Kier alpha value is -3.06. The van der Waals surface area contributed by atoms with E-state index in [1.165, 1.54) is 18.3 Å². The van der Waals surface area contributed by atoms with Gasteiger partial charge in [0.05, 0.1) is 16.9 Å². The molecular formula is C20H17FN2O3S. The number of rotatable bonds is 7. The number of carbonyl (C=O) groups excluding carboxylic acids is 1. The maximum atomic E-state index is 13.0. The van der Waals surface area contributed by atoms with E-state index in [2.05, 4.69) is 9.97 Å². The van der Waals surface area contributed by atoms with Gasteiger partial charge in [0.2, 0.25) is 0 Å². The van der Waals surface area contributed by atoms with Gasteiger partial charge in [0.25, 0.3) is 0 Å². The average Bonchev–Trinajstić information content (AvgIpc) is 3.09. The first-order chi connectivity index (χ1) is 13.1. The second-order valence-electron chi connectivity index (χ2n) is 5.67. The summed E-state index contributed by atoms with van der Waals surface area (Å²) in [5.41, 5.74) is 2.22. The van der Waals surface area contributed by atoms with Crippen LogP contribution in [0.2, 0.25) is 0 Å². The number of thiazole rings is 1. The number of aryl methyl sites for hydroxylation is 1. The van der Waals surface area contributed by atoms with Crippen molar-refractivity contribution in [2.75, 3.05) is 0 Å². The summed E-state index contributed by atoms with van der Waals surface area (Å²) in [7, 11) is 0. The van der Waals surface area contributed by atoms with E-state index < -0.39 is 11.8 Å². The number of pyridine rings is 1. The fraction of sp³-hybridized carbons (Fsp3) is 0.150. The third kappa shape index (κ3) is 6.00. The number of esters is 1. The minimum Gasteiger partial charge on any atom is -0.487 e. The first-order valence-corrected chi connectivity index (χ1v) is 9.04. The molecule has 0 fully saturated rings. The highest BCUT2D eigenvalue weighted by Crippen LogP contribution is 2.16. The van der Waals surface area contributed by atoms with Gasteiger partial charge in [-0.15, -0.1) is 11.3 Å². The lowest BCUT2D eigenvalue weighted by atomic mass is 10.2. The summed E-state index contributed by atoms with van der Waals surface area (Å²) in [5.74, 6) is -0.260. The van der Waals surface area contributed by atoms with Gasteiger partial charge in [-0.2, -0.15) is 0 Å². The highest BCUT2D eigenvalue weighted by atomic mass is 32.1. The minimum atomic E-state index is -0.515. The van der Waals surface area contributed by atoms with Crippen LogP contribution in [-0.4, -0.2) is 15.9 Å². The van der Waals surface area contributed by atoms with Gasteiger partial charge >= 0.3 is 5.97 Å². The Labute approximate surface area is 160 Å². The predicted molar refractivity (Wildman–Crippen MR) is 101 cm³/mol. The summed E-state index contributed by atoms with van der Waals surface area (Å²) in [5, 5.41) is 2.98. The molecule has 0 N–H and O–H groups in total. The van der Waals surface area contributed by atoms with Crippen LogP contribution in [0, 0.1) is 12.7 Å². The molecule has 5 nitrogen and oxygen atoms in total. The molecule has 0 bridgehead atoms. The molecule has 0 atom stereocenters. The maximum Gasteiger partial charge on any atom is 0.331 e. The molecule has 0 radical (unpaired) electrons. The molecule has 0 aliphatic heterocycles. The van der Waals surface area contributed by atoms with Crippen molar-refractivity contribution in [1.82, 2.24) is 9.97 Å². The Morgan fingerprint density at radius 1 is 1.22 bits per heavy atom. The Morgan fingerprint density at radius 3 is 2.74 bits per heavy atom. The van der Waals surface area contributed by atoms with Crippen LogP contribution in [0.1, 0.15) is 21.8 Å². The molecule has 0 aliphatic rings. The molecule has 0 spiro atoms. The molecule has 0 aliphatic carbocycles. The first kappa shape index (κ1) is 18.7. The molecule has 0 amide bonds. The number of ether oxygens (including phenoxy) is 2. The van der Waals surface area contributed by atoms with Crippen molar-refractivity contribution in [2.45, 2.75) is 20.1 Å². The number of hydrogen-bond acceptors (Lipinski definition) is 6. The van der Waals surface area contributed by atoms with Crippen LogP contribution in [0.5, 0.6) is 5.75 Å². The van der Waals surface area contributed by atoms with Crippen LogP contribution in [0.4, 0.5) is 4.39 Å². The van der Waals surface area contributed by atoms with E-state index in [-0.39, 0.29) is 6.61 Å². The van der Waals surface area contributed by atoms with E-state index in [0.717, 1.165) is 28.2 Å². The number of halogens is 1. The lowest BCUT2D eigenvalue weighted by molar-refractivity contribution is -0.138. The molecule has 0 saturated heterocycles. The van der Waals surface area contributed by atoms with E-state index in [1.807, 2.05) is 36.6 Å². The van der Waals surface area contributed by atoms with E-state index in [4.69, 9.17) is 9.47 Å². The van der Waals surface area contributed by atoms with Crippen molar-refractivity contribution in [1.29, 1.82) is 0 Å². The predicted octanol–water partition coefficient (Wildman–Crippen LogP) is 4.32. The van der Waals surface area contributed by atoms with Gasteiger partial charge in [0, 0.05) is 23.2 Å². The molecule has 2 aromatic heterocycles. The highest BCUT2D eigenvalue weighted by molar-refractivity contribution is 7.09.